The molecule has 1 N–H and O–H groups in total. The minimum atomic E-state index is -4.38. The van der Waals surface area contributed by atoms with E-state index >= 15 is 0 Å². The van der Waals surface area contributed by atoms with Crippen LogP contribution in [0.5, 0.6) is 0 Å². The molecule has 3 amide bonds. The van der Waals surface area contributed by atoms with Crippen molar-refractivity contribution in [2.75, 3.05) is 6.54 Å². The van der Waals surface area contributed by atoms with Crippen molar-refractivity contribution in [2.24, 2.45) is 0 Å². The van der Waals surface area contributed by atoms with Gasteiger partial charge in [0.15, 0.2) is 0 Å². The van der Waals surface area contributed by atoms with Crippen molar-refractivity contribution in [1.82, 2.24) is 10.2 Å². The average Bonchev–Trinajstić information content (AvgIpc) is 2.57. The van der Waals surface area contributed by atoms with E-state index in [1.54, 1.807) is 0 Å². The van der Waals surface area contributed by atoms with E-state index in [2.05, 4.69) is 5.32 Å². The highest BCUT2D eigenvalue weighted by atomic mass is 19.4. The van der Waals surface area contributed by atoms with Crippen LogP contribution in [0.15, 0.2) is 24.3 Å². The highest BCUT2D eigenvalue weighted by Gasteiger charge is 2.30. The molecule has 4 nitrogen and oxygen atoms in total. The third-order valence-corrected chi connectivity index (χ3v) is 2.52. The lowest BCUT2D eigenvalue weighted by Gasteiger charge is -2.13. The molecule has 1 aliphatic heterocycles. The van der Waals surface area contributed by atoms with Gasteiger partial charge in [0.25, 0.3) is 0 Å². The molecule has 0 spiro atoms. The van der Waals surface area contributed by atoms with Crippen LogP contribution in [0.4, 0.5) is 18.0 Å². The van der Waals surface area contributed by atoms with Gasteiger partial charge < -0.3 is 4.90 Å². The summed E-state index contributed by atoms with van der Waals surface area (Å²) in [7, 11) is 0. The lowest BCUT2D eigenvalue weighted by molar-refractivity contribution is -0.137. The molecule has 0 aliphatic carbocycles. The second-order valence-corrected chi connectivity index (χ2v) is 3.90. The van der Waals surface area contributed by atoms with Gasteiger partial charge in [0.1, 0.15) is 6.54 Å². The molecule has 0 radical (unpaired) electrons. The van der Waals surface area contributed by atoms with Crippen molar-refractivity contribution in [2.45, 2.75) is 12.7 Å². The highest BCUT2D eigenvalue weighted by molar-refractivity contribution is 6.01. The zero-order chi connectivity index (χ0) is 13.3. The van der Waals surface area contributed by atoms with Crippen LogP contribution in [-0.4, -0.2) is 23.4 Å². The molecule has 18 heavy (non-hydrogen) atoms. The SMILES string of the molecule is O=C1CN(Cc2ccc(C(F)(F)F)cc2)C(=O)N1. The van der Waals surface area contributed by atoms with Crippen LogP contribution in [0, 0.1) is 0 Å². The Morgan fingerprint density at radius 1 is 1.17 bits per heavy atom. The van der Waals surface area contributed by atoms with Crippen molar-refractivity contribution in [1.29, 1.82) is 0 Å². The number of nitrogens with one attached hydrogen (secondary N) is 1. The summed E-state index contributed by atoms with van der Waals surface area (Å²) >= 11 is 0. The monoisotopic (exact) mass is 258 g/mol. The minimum Gasteiger partial charge on any atom is -0.311 e. The van der Waals surface area contributed by atoms with Crippen molar-refractivity contribution in [3.63, 3.8) is 0 Å². The molecular weight excluding hydrogens is 249 g/mol. The summed E-state index contributed by atoms with van der Waals surface area (Å²) in [4.78, 5) is 23.4. The van der Waals surface area contributed by atoms with Gasteiger partial charge in [-0.25, -0.2) is 4.79 Å². The second kappa shape index (κ2) is 4.32. The van der Waals surface area contributed by atoms with E-state index in [0.29, 0.717) is 5.56 Å². The van der Waals surface area contributed by atoms with Crippen LogP contribution >= 0.6 is 0 Å². The molecule has 96 valence electrons. The van der Waals surface area contributed by atoms with E-state index in [4.69, 9.17) is 0 Å². The van der Waals surface area contributed by atoms with E-state index < -0.39 is 23.7 Å². The van der Waals surface area contributed by atoms with Gasteiger partial charge in [0.2, 0.25) is 5.91 Å². The molecule has 1 heterocycles. The number of alkyl halides is 3. The molecule has 1 aromatic rings. The van der Waals surface area contributed by atoms with Gasteiger partial charge in [-0.2, -0.15) is 13.2 Å². The van der Waals surface area contributed by atoms with Gasteiger partial charge in [-0.3, -0.25) is 10.1 Å². The number of rotatable bonds is 2. The first-order valence-electron chi connectivity index (χ1n) is 5.11. The van der Waals surface area contributed by atoms with Gasteiger partial charge in [-0.05, 0) is 17.7 Å². The predicted molar refractivity (Wildman–Crippen MR) is 55.4 cm³/mol. The Morgan fingerprint density at radius 2 is 1.78 bits per heavy atom. The van der Waals surface area contributed by atoms with E-state index in [-0.39, 0.29) is 13.1 Å². The van der Waals surface area contributed by atoms with Crippen molar-refractivity contribution in [3.05, 3.63) is 35.4 Å². The number of benzene rings is 1. The molecule has 1 aliphatic rings. The summed E-state index contributed by atoms with van der Waals surface area (Å²) in [6.45, 7) is 0.0373. The fourth-order valence-corrected chi connectivity index (χ4v) is 1.63. The summed E-state index contributed by atoms with van der Waals surface area (Å²) in [6, 6.07) is 3.95. The Labute approximate surface area is 100 Å². The zero-order valence-electron chi connectivity index (χ0n) is 9.12. The molecule has 0 saturated carbocycles. The van der Waals surface area contributed by atoms with Crippen molar-refractivity contribution in [3.8, 4) is 0 Å². The Bertz CT molecular complexity index is 482. The first kappa shape index (κ1) is 12.4. The quantitative estimate of drug-likeness (QED) is 0.822. The number of hydrogen-bond acceptors (Lipinski definition) is 2. The number of carbonyl (C=O) groups excluding carboxylic acids is 2. The number of halogens is 3. The largest absolute Gasteiger partial charge is 0.416 e. The number of hydrogen-bond donors (Lipinski definition) is 1. The molecule has 1 aromatic carbocycles. The van der Waals surface area contributed by atoms with Gasteiger partial charge in [-0.1, -0.05) is 12.1 Å². The number of carbonyl (C=O) groups is 2. The van der Waals surface area contributed by atoms with Crippen LogP contribution in [0.3, 0.4) is 0 Å². The third kappa shape index (κ3) is 2.61. The number of urea groups is 1. The topological polar surface area (TPSA) is 49.4 Å². The lowest BCUT2D eigenvalue weighted by Crippen LogP contribution is -2.27. The molecule has 0 unspecified atom stereocenters. The van der Waals surface area contributed by atoms with Crippen LogP contribution < -0.4 is 5.32 Å². The molecule has 2 rings (SSSR count). The fraction of sp³-hybridized carbons (Fsp3) is 0.273. The first-order chi connectivity index (χ1) is 8.36. The summed E-state index contributed by atoms with van der Waals surface area (Å²) in [5.41, 5.74) is -0.207. The summed E-state index contributed by atoms with van der Waals surface area (Å²) in [5, 5.41) is 2.09. The van der Waals surface area contributed by atoms with Crippen LogP contribution in [0.2, 0.25) is 0 Å². The van der Waals surface area contributed by atoms with Gasteiger partial charge in [-0.15, -0.1) is 0 Å². The van der Waals surface area contributed by atoms with E-state index in [9.17, 15) is 22.8 Å². The van der Waals surface area contributed by atoms with E-state index in [1.807, 2.05) is 0 Å². The Hall–Kier alpha value is -2.05. The standard InChI is InChI=1S/C11H9F3N2O2/c12-11(13,14)8-3-1-7(2-4-8)5-16-6-9(17)15-10(16)18/h1-4H,5-6H2,(H,15,17,18). The van der Waals surface area contributed by atoms with Crippen LogP contribution in [0.25, 0.3) is 0 Å². The number of amides is 3. The summed E-state index contributed by atoms with van der Waals surface area (Å²) in [6.07, 6.45) is -4.38. The zero-order valence-corrected chi connectivity index (χ0v) is 9.12. The Kier molecular flexibility index (Phi) is 2.98. The molecule has 0 bridgehead atoms. The van der Waals surface area contributed by atoms with Gasteiger partial charge in [0, 0.05) is 6.54 Å². The van der Waals surface area contributed by atoms with Crippen LogP contribution in [-0.2, 0) is 17.5 Å². The average molecular weight is 258 g/mol. The maximum Gasteiger partial charge on any atom is 0.416 e. The summed E-state index contributed by atoms with van der Waals surface area (Å²) < 4.78 is 37.0. The van der Waals surface area contributed by atoms with E-state index in [1.165, 1.54) is 17.0 Å². The fourth-order valence-electron chi connectivity index (χ4n) is 1.63. The van der Waals surface area contributed by atoms with Crippen LogP contribution in [0.1, 0.15) is 11.1 Å². The third-order valence-electron chi connectivity index (χ3n) is 2.52. The normalized spacial score (nSPS) is 16.1. The molecular formula is C11H9F3N2O2. The summed E-state index contributed by atoms with van der Waals surface area (Å²) in [5.74, 6) is -0.410. The second-order valence-electron chi connectivity index (χ2n) is 3.90. The molecule has 0 aromatic heterocycles. The molecule has 7 heteroatoms. The lowest BCUT2D eigenvalue weighted by atomic mass is 10.1. The molecule has 1 fully saturated rings. The number of imide groups is 1. The van der Waals surface area contributed by atoms with Gasteiger partial charge >= 0.3 is 12.2 Å². The van der Waals surface area contributed by atoms with Gasteiger partial charge in [0.05, 0.1) is 5.56 Å². The smallest absolute Gasteiger partial charge is 0.311 e. The van der Waals surface area contributed by atoms with E-state index in [0.717, 1.165) is 12.1 Å². The first-order valence-corrected chi connectivity index (χ1v) is 5.11. The van der Waals surface area contributed by atoms with Crippen molar-refractivity contribution < 1.29 is 22.8 Å². The number of nitrogens with zero attached hydrogens (tertiary/aromatic N) is 1. The maximum absolute atomic E-state index is 12.3. The van der Waals surface area contributed by atoms with Crippen molar-refractivity contribution >= 4 is 11.9 Å². The molecule has 1 saturated heterocycles. The Balaban J connectivity index is 2.07. The minimum absolute atomic E-state index is 0.0696. The Morgan fingerprint density at radius 3 is 2.22 bits per heavy atom. The maximum atomic E-state index is 12.3. The molecule has 0 atom stereocenters. The predicted octanol–water partition coefficient (Wildman–Crippen LogP) is 1.76. The highest BCUT2D eigenvalue weighted by Crippen LogP contribution is 2.29.